The van der Waals surface area contributed by atoms with Crippen molar-refractivity contribution in [3.63, 3.8) is 0 Å². The molecule has 2 aromatic heterocycles. The molecule has 0 aliphatic carbocycles. The minimum Gasteiger partial charge on any atom is -0.460 e. The van der Waals surface area contributed by atoms with Gasteiger partial charge >= 0.3 is 6.18 Å². The number of hydrogen-bond acceptors (Lipinski definition) is 7. The average Bonchev–Trinajstić information content (AvgIpc) is 3.21. The van der Waals surface area contributed by atoms with Gasteiger partial charge in [-0.25, -0.2) is 9.97 Å². The Morgan fingerprint density at radius 3 is 2.73 bits per heavy atom. The van der Waals surface area contributed by atoms with Crippen LogP contribution in [0.4, 0.5) is 13.2 Å². The highest BCUT2D eigenvalue weighted by Crippen LogP contribution is 2.29. The third-order valence-electron chi connectivity index (χ3n) is 4.91. The van der Waals surface area contributed by atoms with E-state index < -0.39 is 12.8 Å². The number of rotatable bonds is 10. The Kier molecular flexibility index (Phi) is 8.24. The van der Waals surface area contributed by atoms with Crippen molar-refractivity contribution in [2.24, 2.45) is 0 Å². The molecular weight excluding hydrogens is 435 g/mol. The Morgan fingerprint density at radius 2 is 2.00 bits per heavy atom. The van der Waals surface area contributed by atoms with Gasteiger partial charge in [-0.3, -0.25) is 4.79 Å². The quantitative estimate of drug-likeness (QED) is 0.483. The number of unbranched alkanes of at least 4 members (excludes halogenated alkanes) is 2. The molecule has 0 bridgehead atoms. The van der Waals surface area contributed by atoms with Gasteiger partial charge in [0, 0.05) is 48.3 Å². The van der Waals surface area contributed by atoms with Crippen molar-refractivity contribution in [3.8, 4) is 5.19 Å². The highest BCUT2D eigenvalue weighted by atomic mass is 32.1. The van der Waals surface area contributed by atoms with Crippen molar-refractivity contribution >= 4 is 28.5 Å². The number of halogens is 3. The van der Waals surface area contributed by atoms with Crippen LogP contribution in [0.5, 0.6) is 5.19 Å². The van der Waals surface area contributed by atoms with Crippen LogP contribution < -0.4 is 4.74 Å². The zero-order valence-corrected chi connectivity index (χ0v) is 18.6. The smallest absolute Gasteiger partial charge is 0.422 e. The van der Waals surface area contributed by atoms with E-state index in [1.807, 2.05) is 6.92 Å². The van der Waals surface area contributed by atoms with Crippen LogP contribution in [0.25, 0.3) is 0 Å². The molecule has 10 heteroatoms. The zero-order valence-electron chi connectivity index (χ0n) is 17.0. The molecule has 0 amide bonds. The van der Waals surface area contributed by atoms with Crippen LogP contribution in [-0.4, -0.2) is 53.1 Å². The molecule has 0 saturated carbocycles. The highest BCUT2D eigenvalue weighted by Gasteiger charge is 2.29. The molecule has 1 aliphatic rings. The Balaban J connectivity index is 1.30. The second kappa shape index (κ2) is 10.7. The van der Waals surface area contributed by atoms with E-state index in [1.54, 1.807) is 17.5 Å². The van der Waals surface area contributed by atoms with Crippen molar-refractivity contribution in [2.75, 3.05) is 26.2 Å². The summed E-state index contributed by atoms with van der Waals surface area (Å²) in [6.45, 7) is 3.33. The molecular formula is C20H26F3N3O2S2. The summed E-state index contributed by atoms with van der Waals surface area (Å²) in [5, 5.41) is 1.11. The van der Waals surface area contributed by atoms with Crippen molar-refractivity contribution in [3.05, 3.63) is 26.7 Å². The number of carbonyl (C=O) groups excluding carboxylic acids is 1. The van der Waals surface area contributed by atoms with E-state index in [0.29, 0.717) is 12.8 Å². The lowest BCUT2D eigenvalue weighted by Gasteiger charge is -2.19. The normalized spacial score (nSPS) is 15.1. The summed E-state index contributed by atoms with van der Waals surface area (Å²) < 4.78 is 41.6. The molecule has 3 heterocycles. The van der Waals surface area contributed by atoms with Crippen molar-refractivity contribution in [2.45, 2.75) is 58.0 Å². The van der Waals surface area contributed by atoms with E-state index >= 15 is 0 Å². The van der Waals surface area contributed by atoms with E-state index in [1.165, 1.54) is 11.3 Å². The van der Waals surface area contributed by atoms with Gasteiger partial charge in [-0.2, -0.15) is 13.2 Å². The minimum atomic E-state index is -4.34. The molecule has 0 aromatic carbocycles. The number of ether oxygens (including phenoxy) is 1. The van der Waals surface area contributed by atoms with Gasteiger partial charge in [0.25, 0.3) is 5.19 Å². The van der Waals surface area contributed by atoms with E-state index in [0.717, 1.165) is 72.2 Å². The number of Topliss-reactive ketones (excluding diaryl/α,β-unsaturated/α-hetero) is 1. The molecule has 0 N–H and O–H groups in total. The molecule has 2 aromatic rings. The van der Waals surface area contributed by atoms with Gasteiger partial charge in [0.2, 0.25) is 0 Å². The van der Waals surface area contributed by atoms with Crippen molar-refractivity contribution in [1.82, 2.24) is 14.9 Å². The summed E-state index contributed by atoms with van der Waals surface area (Å²) in [6, 6.07) is 0. The first kappa shape index (κ1) is 23.1. The van der Waals surface area contributed by atoms with Gasteiger partial charge in [-0.1, -0.05) is 17.8 Å². The molecule has 1 aliphatic heterocycles. The van der Waals surface area contributed by atoms with Crippen molar-refractivity contribution in [1.29, 1.82) is 0 Å². The first-order chi connectivity index (χ1) is 14.3. The summed E-state index contributed by atoms with van der Waals surface area (Å²) in [7, 11) is 0. The third kappa shape index (κ3) is 7.63. The molecule has 0 fully saturated rings. The first-order valence-electron chi connectivity index (χ1n) is 10.1. The lowest BCUT2D eigenvalue weighted by Crippen LogP contribution is -2.27. The monoisotopic (exact) mass is 461 g/mol. The van der Waals surface area contributed by atoms with Crippen LogP contribution in [-0.2, 0) is 24.1 Å². The fourth-order valence-corrected chi connectivity index (χ4v) is 5.19. The van der Waals surface area contributed by atoms with Gasteiger partial charge in [0.15, 0.2) is 6.61 Å². The number of thiazole rings is 2. The molecule has 0 spiro atoms. The number of fused-ring (bicyclic) bond motifs is 1. The average molecular weight is 462 g/mol. The maximum atomic E-state index is 12.3. The van der Waals surface area contributed by atoms with Crippen LogP contribution in [0.1, 0.15) is 46.1 Å². The number of alkyl halides is 3. The maximum Gasteiger partial charge on any atom is 0.422 e. The summed E-state index contributed by atoms with van der Waals surface area (Å²) in [5.41, 5.74) is 0.864. The van der Waals surface area contributed by atoms with Gasteiger partial charge in [-0.15, -0.1) is 11.3 Å². The van der Waals surface area contributed by atoms with E-state index in [4.69, 9.17) is 4.74 Å². The van der Waals surface area contributed by atoms with Crippen LogP contribution in [0, 0.1) is 6.92 Å². The predicted octanol–water partition coefficient (Wildman–Crippen LogP) is 4.62. The van der Waals surface area contributed by atoms with Crippen molar-refractivity contribution < 1.29 is 22.7 Å². The molecule has 0 unspecified atom stereocenters. The third-order valence-corrected chi connectivity index (χ3v) is 6.89. The highest BCUT2D eigenvalue weighted by molar-refractivity contribution is 7.13. The number of aryl methyl sites for hydroxylation is 1. The Bertz CT molecular complexity index is 810. The second-order valence-corrected chi connectivity index (χ2v) is 9.83. The number of ketones is 1. The summed E-state index contributed by atoms with van der Waals surface area (Å²) >= 11 is 2.81. The molecule has 3 rings (SSSR count). The lowest BCUT2D eigenvalue weighted by molar-refractivity contribution is -0.153. The number of hydrogen-bond donors (Lipinski definition) is 0. The fourth-order valence-electron chi connectivity index (χ4n) is 3.42. The first-order valence-corrected chi connectivity index (χ1v) is 11.8. The SMILES string of the molecule is Cc1ncc(CC(=O)CCCCCN2CCc3nc(OCC(F)(F)F)sc3CC2)s1. The molecule has 0 saturated heterocycles. The van der Waals surface area contributed by atoms with E-state index in [9.17, 15) is 18.0 Å². The Hall–Kier alpha value is -1.52. The Morgan fingerprint density at radius 1 is 1.20 bits per heavy atom. The van der Waals surface area contributed by atoms with Gasteiger partial charge < -0.3 is 9.64 Å². The van der Waals surface area contributed by atoms with Gasteiger partial charge in [-0.05, 0) is 32.7 Å². The van der Waals surface area contributed by atoms with Crippen LogP contribution >= 0.6 is 22.7 Å². The minimum absolute atomic E-state index is 0.115. The molecule has 0 radical (unpaired) electrons. The predicted molar refractivity (Wildman–Crippen MR) is 112 cm³/mol. The van der Waals surface area contributed by atoms with Gasteiger partial charge in [0.1, 0.15) is 5.78 Å². The number of nitrogens with zero attached hydrogens (tertiary/aromatic N) is 3. The van der Waals surface area contributed by atoms with E-state index in [2.05, 4.69) is 14.9 Å². The summed E-state index contributed by atoms with van der Waals surface area (Å²) in [4.78, 5) is 24.9. The standard InChI is InChI=1S/C20H26F3N3O2S2/c1-14-24-12-16(29-14)11-15(27)5-3-2-4-8-26-9-6-17-18(7-10-26)30-19(25-17)28-13-20(21,22)23/h12H,2-11,13H2,1H3. The molecule has 0 atom stereocenters. The summed E-state index contributed by atoms with van der Waals surface area (Å²) in [5.74, 6) is 0.271. The maximum absolute atomic E-state index is 12.3. The van der Waals surface area contributed by atoms with Crippen LogP contribution in [0.2, 0.25) is 0 Å². The topological polar surface area (TPSA) is 55.3 Å². The molecule has 166 valence electrons. The fraction of sp³-hybridized carbons (Fsp3) is 0.650. The zero-order chi connectivity index (χ0) is 21.6. The number of aromatic nitrogens is 2. The van der Waals surface area contributed by atoms with Gasteiger partial charge in [0.05, 0.1) is 10.7 Å². The number of carbonyl (C=O) groups is 1. The largest absolute Gasteiger partial charge is 0.460 e. The van der Waals surface area contributed by atoms with Crippen LogP contribution in [0.3, 0.4) is 0 Å². The Labute approximate surface area is 182 Å². The molecule has 5 nitrogen and oxygen atoms in total. The second-order valence-electron chi connectivity index (χ2n) is 7.47. The summed E-state index contributed by atoms with van der Waals surface area (Å²) in [6.07, 6.45) is 3.01. The lowest BCUT2D eigenvalue weighted by atomic mass is 10.1. The molecule has 30 heavy (non-hydrogen) atoms. The van der Waals surface area contributed by atoms with E-state index in [-0.39, 0.29) is 11.0 Å². The van der Waals surface area contributed by atoms with Crippen LogP contribution in [0.15, 0.2) is 6.20 Å².